The van der Waals surface area contributed by atoms with Gasteiger partial charge in [0.15, 0.2) is 0 Å². The van der Waals surface area contributed by atoms with Gasteiger partial charge in [-0.15, -0.1) is 0 Å². The van der Waals surface area contributed by atoms with Gasteiger partial charge in [0.1, 0.15) is 11.9 Å². The van der Waals surface area contributed by atoms with E-state index in [1.165, 1.54) is 12.0 Å². The van der Waals surface area contributed by atoms with E-state index in [1.54, 1.807) is 0 Å². The van der Waals surface area contributed by atoms with E-state index in [4.69, 9.17) is 4.74 Å². The maximum absolute atomic E-state index is 6.05. The van der Waals surface area contributed by atoms with Crippen LogP contribution in [0.2, 0.25) is 0 Å². The van der Waals surface area contributed by atoms with Crippen LogP contribution in [-0.2, 0) is 6.42 Å². The minimum atomic E-state index is 0.238. The van der Waals surface area contributed by atoms with Crippen molar-refractivity contribution in [2.75, 3.05) is 13.1 Å². The van der Waals surface area contributed by atoms with Crippen molar-refractivity contribution in [2.45, 2.75) is 46.6 Å². The lowest BCUT2D eigenvalue weighted by Gasteiger charge is -2.23. The van der Waals surface area contributed by atoms with Gasteiger partial charge < -0.3 is 10.1 Å². The summed E-state index contributed by atoms with van der Waals surface area (Å²) in [5.74, 6) is 1.49. The Balaban J connectivity index is 2.57. The lowest BCUT2D eigenvalue weighted by molar-refractivity contribution is 0.149. The predicted molar refractivity (Wildman–Crippen MR) is 78.2 cm³/mol. The molecule has 1 N–H and O–H groups in total. The first kappa shape index (κ1) is 15.0. The van der Waals surface area contributed by atoms with Gasteiger partial charge in [-0.2, -0.15) is 0 Å². The molecule has 0 spiro atoms. The maximum atomic E-state index is 6.05. The summed E-state index contributed by atoms with van der Waals surface area (Å²) in [6, 6.07) is 8.52. The van der Waals surface area contributed by atoms with Crippen LogP contribution in [-0.4, -0.2) is 19.2 Å². The molecule has 1 aromatic rings. The van der Waals surface area contributed by atoms with E-state index in [-0.39, 0.29) is 6.10 Å². The quantitative estimate of drug-likeness (QED) is 0.759. The Morgan fingerprint density at radius 1 is 1.11 bits per heavy atom. The first-order valence-electron chi connectivity index (χ1n) is 7.13. The van der Waals surface area contributed by atoms with E-state index in [2.05, 4.69) is 57.3 Å². The lowest BCUT2D eigenvalue weighted by Crippen LogP contribution is -2.35. The first-order valence-corrected chi connectivity index (χ1v) is 7.13. The SMILES string of the molecule is CCCc1ccc(OC(CNCC)C(C)C)cc1. The summed E-state index contributed by atoms with van der Waals surface area (Å²) in [5.41, 5.74) is 1.39. The van der Waals surface area contributed by atoms with E-state index in [1.807, 2.05) is 0 Å². The summed E-state index contributed by atoms with van der Waals surface area (Å²) in [4.78, 5) is 0. The number of aryl methyl sites for hydroxylation is 1. The van der Waals surface area contributed by atoms with E-state index >= 15 is 0 Å². The molecule has 2 heteroatoms. The Morgan fingerprint density at radius 3 is 2.28 bits per heavy atom. The summed E-state index contributed by atoms with van der Waals surface area (Å²) < 4.78 is 6.05. The monoisotopic (exact) mass is 249 g/mol. The van der Waals surface area contributed by atoms with Crippen molar-refractivity contribution in [1.29, 1.82) is 0 Å². The average Bonchev–Trinajstić information content (AvgIpc) is 2.36. The number of hydrogen-bond acceptors (Lipinski definition) is 2. The molecule has 1 aromatic carbocycles. The van der Waals surface area contributed by atoms with E-state index in [9.17, 15) is 0 Å². The van der Waals surface area contributed by atoms with Crippen molar-refractivity contribution >= 4 is 0 Å². The lowest BCUT2D eigenvalue weighted by atomic mass is 10.1. The molecule has 2 nitrogen and oxygen atoms in total. The minimum Gasteiger partial charge on any atom is -0.489 e. The van der Waals surface area contributed by atoms with Gasteiger partial charge in [-0.1, -0.05) is 46.2 Å². The third-order valence-corrected chi connectivity index (χ3v) is 3.09. The number of benzene rings is 1. The highest BCUT2D eigenvalue weighted by atomic mass is 16.5. The van der Waals surface area contributed by atoms with Crippen molar-refractivity contribution in [2.24, 2.45) is 5.92 Å². The van der Waals surface area contributed by atoms with E-state index in [0.717, 1.165) is 25.3 Å². The van der Waals surface area contributed by atoms with Crippen LogP contribution in [0.3, 0.4) is 0 Å². The fraction of sp³-hybridized carbons (Fsp3) is 0.625. The largest absolute Gasteiger partial charge is 0.489 e. The van der Waals surface area contributed by atoms with Crippen molar-refractivity contribution in [1.82, 2.24) is 5.32 Å². The first-order chi connectivity index (χ1) is 8.67. The molecule has 0 aliphatic carbocycles. The average molecular weight is 249 g/mol. The van der Waals surface area contributed by atoms with Gasteiger partial charge in [-0.25, -0.2) is 0 Å². The van der Waals surface area contributed by atoms with Gasteiger partial charge in [0, 0.05) is 6.54 Å². The molecule has 0 bridgehead atoms. The molecule has 0 aliphatic heterocycles. The van der Waals surface area contributed by atoms with Crippen LogP contribution in [0.25, 0.3) is 0 Å². The molecule has 0 aliphatic rings. The molecule has 0 saturated heterocycles. The van der Waals surface area contributed by atoms with Gasteiger partial charge in [-0.05, 0) is 36.6 Å². The zero-order valence-electron chi connectivity index (χ0n) is 12.2. The minimum absolute atomic E-state index is 0.238. The second-order valence-corrected chi connectivity index (χ2v) is 5.10. The molecule has 0 saturated carbocycles. The summed E-state index contributed by atoms with van der Waals surface area (Å²) >= 11 is 0. The Bertz CT molecular complexity index is 318. The third-order valence-electron chi connectivity index (χ3n) is 3.09. The summed E-state index contributed by atoms with van der Waals surface area (Å²) in [7, 11) is 0. The fourth-order valence-electron chi connectivity index (χ4n) is 1.90. The van der Waals surface area contributed by atoms with Crippen LogP contribution in [0.5, 0.6) is 5.75 Å². The second kappa shape index (κ2) is 8.15. The van der Waals surface area contributed by atoms with Gasteiger partial charge in [0.25, 0.3) is 0 Å². The molecule has 0 heterocycles. The molecule has 1 unspecified atom stereocenters. The van der Waals surface area contributed by atoms with Crippen molar-refractivity contribution in [3.05, 3.63) is 29.8 Å². The van der Waals surface area contributed by atoms with Crippen LogP contribution >= 0.6 is 0 Å². The highest BCUT2D eigenvalue weighted by Gasteiger charge is 2.14. The normalized spacial score (nSPS) is 12.7. The second-order valence-electron chi connectivity index (χ2n) is 5.10. The van der Waals surface area contributed by atoms with Gasteiger partial charge in [0.2, 0.25) is 0 Å². The Morgan fingerprint density at radius 2 is 1.78 bits per heavy atom. The molecule has 18 heavy (non-hydrogen) atoms. The zero-order chi connectivity index (χ0) is 13.4. The van der Waals surface area contributed by atoms with Crippen molar-refractivity contribution in [3.8, 4) is 5.75 Å². The molecule has 0 amide bonds. The predicted octanol–water partition coefficient (Wildman–Crippen LogP) is 3.65. The molecule has 1 rings (SSSR count). The van der Waals surface area contributed by atoms with Crippen LogP contribution in [0.4, 0.5) is 0 Å². The number of nitrogens with one attached hydrogen (secondary N) is 1. The van der Waals surface area contributed by atoms with Gasteiger partial charge in [-0.3, -0.25) is 0 Å². The zero-order valence-corrected chi connectivity index (χ0v) is 12.2. The van der Waals surface area contributed by atoms with Crippen LogP contribution < -0.4 is 10.1 Å². The van der Waals surface area contributed by atoms with Crippen LogP contribution in [0.1, 0.15) is 39.7 Å². The maximum Gasteiger partial charge on any atom is 0.119 e. The standard InChI is InChI=1S/C16H27NO/c1-5-7-14-8-10-15(11-9-14)18-16(13(3)4)12-17-6-2/h8-11,13,16-17H,5-7,12H2,1-4H3. The highest BCUT2D eigenvalue weighted by molar-refractivity contribution is 5.27. The van der Waals surface area contributed by atoms with Crippen molar-refractivity contribution < 1.29 is 4.74 Å². The summed E-state index contributed by atoms with van der Waals surface area (Å²) in [6.45, 7) is 10.6. The third kappa shape index (κ3) is 5.09. The van der Waals surface area contributed by atoms with Crippen LogP contribution in [0.15, 0.2) is 24.3 Å². The van der Waals surface area contributed by atoms with Crippen molar-refractivity contribution in [3.63, 3.8) is 0 Å². The Labute approximate surface area is 112 Å². The van der Waals surface area contributed by atoms with E-state index in [0.29, 0.717) is 5.92 Å². The molecular formula is C16H27NO. The van der Waals surface area contributed by atoms with Gasteiger partial charge >= 0.3 is 0 Å². The highest BCUT2D eigenvalue weighted by Crippen LogP contribution is 2.17. The number of likely N-dealkylation sites (N-methyl/N-ethyl adjacent to an activating group) is 1. The molecule has 0 fully saturated rings. The molecule has 102 valence electrons. The van der Waals surface area contributed by atoms with E-state index < -0.39 is 0 Å². The Kier molecular flexibility index (Phi) is 6.81. The van der Waals surface area contributed by atoms with Gasteiger partial charge in [0.05, 0.1) is 0 Å². The number of hydrogen-bond donors (Lipinski definition) is 1. The molecular weight excluding hydrogens is 222 g/mol. The smallest absolute Gasteiger partial charge is 0.119 e. The van der Waals surface area contributed by atoms with Crippen LogP contribution in [0, 0.1) is 5.92 Å². The fourth-order valence-corrected chi connectivity index (χ4v) is 1.90. The summed E-state index contributed by atoms with van der Waals surface area (Å²) in [6.07, 6.45) is 2.57. The number of ether oxygens (including phenoxy) is 1. The Hall–Kier alpha value is -1.02. The summed E-state index contributed by atoms with van der Waals surface area (Å²) in [5, 5.41) is 3.36. The molecule has 0 radical (unpaired) electrons. The number of rotatable bonds is 8. The molecule has 1 atom stereocenters. The topological polar surface area (TPSA) is 21.3 Å². The molecule has 0 aromatic heterocycles.